The van der Waals surface area contributed by atoms with Crippen molar-refractivity contribution in [3.63, 3.8) is 0 Å². The van der Waals surface area contributed by atoms with E-state index in [9.17, 15) is 4.79 Å². The minimum atomic E-state index is -0.346. The zero-order chi connectivity index (χ0) is 11.6. The topological polar surface area (TPSA) is 55.6 Å². The molecule has 0 bridgehead atoms. The molecule has 2 N–H and O–H groups in total. The Balaban J connectivity index is 2.91. The van der Waals surface area contributed by atoms with Gasteiger partial charge in [0, 0.05) is 17.8 Å². The summed E-state index contributed by atoms with van der Waals surface area (Å²) < 4.78 is 4.75. The first-order valence-electron chi connectivity index (χ1n) is 4.65. The summed E-state index contributed by atoms with van der Waals surface area (Å²) in [5, 5.41) is -0.346. The lowest BCUT2D eigenvalue weighted by molar-refractivity contribution is -0.142. The Kier molecular flexibility index (Phi) is 3.97. The Bertz CT molecular complexity index is 281. The van der Waals surface area contributed by atoms with Crippen LogP contribution in [0.3, 0.4) is 0 Å². The van der Waals surface area contributed by atoms with Crippen LogP contribution in [-0.2, 0) is 9.53 Å². The number of hydrogen-bond donors (Lipinski definition) is 1. The molecule has 0 amide bonds. The quantitative estimate of drug-likeness (QED) is 0.570. The number of ether oxygens (including phenoxy) is 1. The lowest BCUT2D eigenvalue weighted by atomic mass is 10.1. The van der Waals surface area contributed by atoms with Crippen molar-refractivity contribution >= 4 is 34.9 Å². The van der Waals surface area contributed by atoms with Gasteiger partial charge in [0.2, 0.25) is 0 Å². The summed E-state index contributed by atoms with van der Waals surface area (Å²) in [7, 11) is 1.39. The predicted octanol–water partition coefficient (Wildman–Crippen LogP) is 0.599. The minimum Gasteiger partial charge on any atom is -0.467 e. The average molecular weight is 248 g/mol. The Hall–Kier alpha value is -0.330. The molecule has 1 saturated heterocycles. The van der Waals surface area contributed by atoms with Crippen molar-refractivity contribution in [3.8, 4) is 0 Å². The SMILES string of the molecule is COC(=O)[C@H]1SCC(C)(C)N1C(=S)CN. The fraction of sp³-hybridized carbons (Fsp3) is 0.778. The normalized spacial score (nSPS) is 24.0. The number of hydrogen-bond acceptors (Lipinski definition) is 5. The monoisotopic (exact) mass is 248 g/mol. The van der Waals surface area contributed by atoms with Crippen molar-refractivity contribution in [1.29, 1.82) is 0 Å². The van der Waals surface area contributed by atoms with E-state index in [-0.39, 0.29) is 23.4 Å². The number of thioether (sulfide) groups is 1. The van der Waals surface area contributed by atoms with Crippen LogP contribution in [0.1, 0.15) is 13.8 Å². The van der Waals surface area contributed by atoms with Gasteiger partial charge in [-0.3, -0.25) is 0 Å². The molecular weight excluding hydrogens is 232 g/mol. The summed E-state index contributed by atoms with van der Waals surface area (Å²) in [5.74, 6) is 0.578. The van der Waals surface area contributed by atoms with E-state index in [1.165, 1.54) is 7.11 Å². The predicted molar refractivity (Wildman–Crippen MR) is 65.8 cm³/mol. The molecule has 15 heavy (non-hydrogen) atoms. The van der Waals surface area contributed by atoms with E-state index < -0.39 is 0 Å². The van der Waals surface area contributed by atoms with Crippen LogP contribution in [0.2, 0.25) is 0 Å². The largest absolute Gasteiger partial charge is 0.467 e. The van der Waals surface area contributed by atoms with E-state index in [0.29, 0.717) is 4.99 Å². The van der Waals surface area contributed by atoms with Gasteiger partial charge in [-0.05, 0) is 13.8 Å². The molecule has 0 spiro atoms. The standard InChI is InChI=1S/C9H16N2O2S2/c1-9(2)5-15-7(8(12)13-3)11(9)6(14)4-10/h7H,4-5,10H2,1-3H3/t7-/m1/s1. The highest BCUT2D eigenvalue weighted by atomic mass is 32.2. The number of methoxy groups -OCH3 is 1. The minimum absolute atomic E-state index is 0.139. The summed E-state index contributed by atoms with van der Waals surface area (Å²) in [6.45, 7) is 4.38. The molecule has 1 aliphatic heterocycles. The van der Waals surface area contributed by atoms with Gasteiger partial charge in [-0.2, -0.15) is 0 Å². The smallest absolute Gasteiger partial charge is 0.339 e. The molecule has 1 heterocycles. The fourth-order valence-corrected chi connectivity index (χ4v) is 3.50. The van der Waals surface area contributed by atoms with Crippen molar-refractivity contribution in [3.05, 3.63) is 0 Å². The van der Waals surface area contributed by atoms with E-state index in [4.69, 9.17) is 22.7 Å². The first kappa shape index (κ1) is 12.7. The molecule has 1 aliphatic rings. The summed E-state index contributed by atoms with van der Waals surface area (Å²) in [5.41, 5.74) is 5.39. The molecule has 0 radical (unpaired) electrons. The highest BCUT2D eigenvalue weighted by Crippen LogP contribution is 2.37. The summed E-state index contributed by atoms with van der Waals surface area (Å²) in [6, 6.07) is 0. The lowest BCUT2D eigenvalue weighted by Crippen LogP contribution is -2.51. The average Bonchev–Trinajstić information content (AvgIpc) is 2.52. The first-order chi connectivity index (χ1) is 6.94. The molecule has 86 valence electrons. The third-order valence-corrected chi connectivity index (χ3v) is 4.28. The van der Waals surface area contributed by atoms with Gasteiger partial charge in [-0.1, -0.05) is 12.2 Å². The maximum atomic E-state index is 11.5. The van der Waals surface area contributed by atoms with Crippen LogP contribution in [0.4, 0.5) is 0 Å². The van der Waals surface area contributed by atoms with Crippen molar-refractivity contribution < 1.29 is 9.53 Å². The second-order valence-electron chi connectivity index (χ2n) is 3.97. The van der Waals surface area contributed by atoms with Crippen LogP contribution in [0, 0.1) is 0 Å². The lowest BCUT2D eigenvalue weighted by Gasteiger charge is -2.35. The zero-order valence-electron chi connectivity index (χ0n) is 9.15. The van der Waals surface area contributed by atoms with Crippen molar-refractivity contribution in [2.75, 3.05) is 19.4 Å². The maximum absolute atomic E-state index is 11.5. The number of nitrogens with zero attached hydrogens (tertiary/aromatic N) is 1. The van der Waals surface area contributed by atoms with Crippen LogP contribution in [-0.4, -0.2) is 46.2 Å². The number of thiocarbonyl (C=S) groups is 1. The van der Waals surface area contributed by atoms with Gasteiger partial charge in [0.1, 0.15) is 0 Å². The van der Waals surface area contributed by atoms with Gasteiger partial charge >= 0.3 is 5.97 Å². The Morgan fingerprint density at radius 1 is 1.73 bits per heavy atom. The molecular formula is C9H16N2O2S2. The van der Waals surface area contributed by atoms with Crippen molar-refractivity contribution in [2.45, 2.75) is 24.8 Å². The van der Waals surface area contributed by atoms with Gasteiger partial charge in [0.05, 0.1) is 12.1 Å². The molecule has 0 unspecified atom stereocenters. The molecule has 1 rings (SSSR count). The number of carbonyl (C=O) groups excluding carboxylic acids is 1. The third-order valence-electron chi connectivity index (χ3n) is 2.33. The highest BCUT2D eigenvalue weighted by Gasteiger charge is 2.45. The van der Waals surface area contributed by atoms with E-state index in [2.05, 4.69) is 0 Å². The third kappa shape index (κ3) is 2.43. The van der Waals surface area contributed by atoms with E-state index in [1.54, 1.807) is 11.8 Å². The van der Waals surface area contributed by atoms with Gasteiger partial charge in [-0.25, -0.2) is 4.79 Å². The van der Waals surface area contributed by atoms with E-state index in [1.807, 2.05) is 18.7 Å². The Labute approximate surface area is 99.5 Å². The molecule has 0 aliphatic carbocycles. The van der Waals surface area contributed by atoms with Gasteiger partial charge in [0.15, 0.2) is 5.37 Å². The molecule has 1 fully saturated rings. The number of carbonyl (C=O) groups is 1. The van der Waals surface area contributed by atoms with Crippen LogP contribution in [0.15, 0.2) is 0 Å². The molecule has 0 aromatic rings. The number of esters is 1. The first-order valence-corrected chi connectivity index (χ1v) is 6.11. The summed E-state index contributed by atoms with van der Waals surface area (Å²) in [6.07, 6.45) is 0. The Morgan fingerprint density at radius 2 is 2.33 bits per heavy atom. The molecule has 1 atom stereocenters. The molecule has 6 heteroatoms. The second kappa shape index (κ2) is 4.67. The van der Waals surface area contributed by atoms with Crippen molar-refractivity contribution in [2.24, 2.45) is 5.73 Å². The number of nitrogens with two attached hydrogens (primary N) is 1. The van der Waals surface area contributed by atoms with E-state index in [0.717, 1.165) is 5.75 Å². The van der Waals surface area contributed by atoms with Crippen molar-refractivity contribution in [1.82, 2.24) is 4.90 Å². The Morgan fingerprint density at radius 3 is 2.80 bits per heavy atom. The zero-order valence-corrected chi connectivity index (χ0v) is 10.8. The second-order valence-corrected chi connectivity index (χ2v) is 5.51. The molecule has 4 nitrogen and oxygen atoms in total. The van der Waals surface area contributed by atoms with Gasteiger partial charge in [0.25, 0.3) is 0 Å². The van der Waals surface area contributed by atoms with Crippen LogP contribution < -0.4 is 5.73 Å². The molecule has 0 saturated carbocycles. The van der Waals surface area contributed by atoms with Crippen LogP contribution in [0.25, 0.3) is 0 Å². The van der Waals surface area contributed by atoms with Crippen LogP contribution in [0.5, 0.6) is 0 Å². The number of rotatable bonds is 2. The van der Waals surface area contributed by atoms with Crippen LogP contribution >= 0.6 is 24.0 Å². The highest BCUT2D eigenvalue weighted by molar-refractivity contribution is 8.01. The molecule has 0 aromatic carbocycles. The van der Waals surface area contributed by atoms with Gasteiger partial charge < -0.3 is 15.4 Å². The van der Waals surface area contributed by atoms with E-state index >= 15 is 0 Å². The maximum Gasteiger partial charge on any atom is 0.339 e. The summed E-state index contributed by atoms with van der Waals surface area (Å²) in [4.78, 5) is 14.0. The summed E-state index contributed by atoms with van der Waals surface area (Å²) >= 11 is 6.73. The van der Waals surface area contributed by atoms with Gasteiger partial charge in [-0.15, -0.1) is 11.8 Å². The molecule has 0 aromatic heterocycles. The fourth-order valence-electron chi connectivity index (χ4n) is 1.59.